The highest BCUT2D eigenvalue weighted by Crippen LogP contribution is 2.19. The molecule has 0 spiro atoms. The highest BCUT2D eigenvalue weighted by atomic mass is 16.6. The van der Waals surface area contributed by atoms with Crippen molar-refractivity contribution in [3.63, 3.8) is 0 Å². The molecular weight excluding hydrogens is 286 g/mol. The molecule has 2 amide bonds. The maximum Gasteiger partial charge on any atom is 0.274 e. The maximum atomic E-state index is 12.4. The van der Waals surface area contributed by atoms with Gasteiger partial charge in [-0.15, -0.1) is 0 Å². The zero-order valence-corrected chi connectivity index (χ0v) is 13.2. The Bertz CT molecular complexity index is 572. The standard InChI is InChI=1S/C15H21N3O4/c1-10(2)14(16-11(3)19)15(20)17(4)9-12-7-5-6-8-13(12)18(21)22/h5-8,10,14H,9H2,1-4H3,(H,16,19). The smallest absolute Gasteiger partial charge is 0.274 e. The van der Waals surface area contributed by atoms with Gasteiger partial charge in [-0.25, -0.2) is 0 Å². The fourth-order valence-electron chi connectivity index (χ4n) is 2.13. The zero-order chi connectivity index (χ0) is 16.9. The van der Waals surface area contributed by atoms with Crippen molar-refractivity contribution in [3.8, 4) is 0 Å². The predicted octanol–water partition coefficient (Wildman–Crippen LogP) is 1.71. The molecule has 0 saturated heterocycles. The zero-order valence-electron chi connectivity index (χ0n) is 13.2. The molecule has 0 radical (unpaired) electrons. The number of benzene rings is 1. The second-order valence-electron chi connectivity index (χ2n) is 5.50. The third kappa shape index (κ3) is 4.54. The summed E-state index contributed by atoms with van der Waals surface area (Å²) in [4.78, 5) is 35.6. The lowest BCUT2D eigenvalue weighted by Crippen LogP contribution is -2.49. The number of nitrogens with zero attached hydrogens (tertiary/aromatic N) is 2. The van der Waals surface area contributed by atoms with E-state index in [1.807, 2.05) is 13.8 Å². The predicted molar refractivity (Wildman–Crippen MR) is 82.0 cm³/mol. The first-order chi connectivity index (χ1) is 10.2. The minimum atomic E-state index is -0.648. The van der Waals surface area contributed by atoms with E-state index in [1.165, 1.54) is 17.9 Å². The first kappa shape index (κ1) is 17.6. The molecule has 1 N–H and O–H groups in total. The molecule has 0 heterocycles. The van der Waals surface area contributed by atoms with Gasteiger partial charge in [0.25, 0.3) is 5.69 Å². The van der Waals surface area contributed by atoms with E-state index in [0.717, 1.165) is 0 Å². The Morgan fingerprint density at radius 2 is 1.91 bits per heavy atom. The number of para-hydroxylation sites is 1. The van der Waals surface area contributed by atoms with Crippen LogP contribution in [0.25, 0.3) is 0 Å². The Morgan fingerprint density at radius 3 is 2.41 bits per heavy atom. The van der Waals surface area contributed by atoms with Crippen LogP contribution in [0, 0.1) is 16.0 Å². The van der Waals surface area contributed by atoms with Crippen LogP contribution < -0.4 is 5.32 Å². The number of nitro benzene ring substituents is 1. The topological polar surface area (TPSA) is 92.6 Å². The number of carbonyl (C=O) groups is 2. The van der Waals surface area contributed by atoms with Crippen LogP contribution in [0.15, 0.2) is 24.3 Å². The van der Waals surface area contributed by atoms with Gasteiger partial charge in [-0.2, -0.15) is 0 Å². The molecule has 1 aromatic carbocycles. The van der Waals surface area contributed by atoms with E-state index in [-0.39, 0.29) is 30.0 Å². The van der Waals surface area contributed by atoms with Crippen LogP contribution >= 0.6 is 0 Å². The molecule has 120 valence electrons. The number of hydrogen-bond donors (Lipinski definition) is 1. The van der Waals surface area contributed by atoms with Crippen molar-refractivity contribution in [2.45, 2.75) is 33.4 Å². The molecule has 0 saturated carbocycles. The van der Waals surface area contributed by atoms with E-state index in [2.05, 4.69) is 5.32 Å². The summed E-state index contributed by atoms with van der Waals surface area (Å²) in [5.41, 5.74) is 0.427. The van der Waals surface area contributed by atoms with Crippen LogP contribution in [-0.4, -0.2) is 34.7 Å². The van der Waals surface area contributed by atoms with Crippen molar-refractivity contribution in [2.75, 3.05) is 7.05 Å². The van der Waals surface area contributed by atoms with Gasteiger partial charge in [0, 0.05) is 25.6 Å². The van der Waals surface area contributed by atoms with Gasteiger partial charge in [-0.05, 0) is 5.92 Å². The highest BCUT2D eigenvalue weighted by Gasteiger charge is 2.27. The molecule has 0 aliphatic heterocycles. The fraction of sp³-hybridized carbons (Fsp3) is 0.467. The van der Waals surface area contributed by atoms with Gasteiger partial charge in [0.2, 0.25) is 11.8 Å². The van der Waals surface area contributed by atoms with Crippen LogP contribution in [-0.2, 0) is 16.1 Å². The SMILES string of the molecule is CC(=O)NC(C(=O)N(C)Cc1ccccc1[N+](=O)[O-])C(C)C. The Labute approximate surface area is 129 Å². The molecule has 0 bridgehead atoms. The molecule has 0 aromatic heterocycles. The maximum absolute atomic E-state index is 12.4. The van der Waals surface area contributed by atoms with Crippen molar-refractivity contribution in [2.24, 2.45) is 5.92 Å². The number of hydrogen-bond acceptors (Lipinski definition) is 4. The summed E-state index contributed by atoms with van der Waals surface area (Å²) in [7, 11) is 1.57. The van der Waals surface area contributed by atoms with Gasteiger partial charge in [0.05, 0.1) is 11.5 Å². The van der Waals surface area contributed by atoms with Crippen molar-refractivity contribution in [1.29, 1.82) is 0 Å². The summed E-state index contributed by atoms with van der Waals surface area (Å²) in [5, 5.41) is 13.6. The largest absolute Gasteiger partial charge is 0.344 e. The second kappa shape index (κ2) is 7.53. The molecule has 7 nitrogen and oxygen atoms in total. The van der Waals surface area contributed by atoms with Gasteiger partial charge >= 0.3 is 0 Å². The van der Waals surface area contributed by atoms with Gasteiger partial charge in [0.15, 0.2) is 0 Å². The Kier molecular flexibility index (Phi) is 6.03. The van der Waals surface area contributed by atoms with Crippen molar-refractivity contribution < 1.29 is 14.5 Å². The van der Waals surface area contributed by atoms with E-state index in [4.69, 9.17) is 0 Å². The summed E-state index contributed by atoms with van der Waals surface area (Å²) >= 11 is 0. The molecule has 1 unspecified atom stereocenters. The van der Waals surface area contributed by atoms with Crippen LogP contribution in [0.2, 0.25) is 0 Å². The monoisotopic (exact) mass is 307 g/mol. The molecular formula is C15H21N3O4. The third-order valence-corrected chi connectivity index (χ3v) is 3.26. The number of nitro groups is 1. The first-order valence-corrected chi connectivity index (χ1v) is 6.98. The van der Waals surface area contributed by atoms with E-state index >= 15 is 0 Å². The molecule has 1 aromatic rings. The minimum Gasteiger partial charge on any atom is -0.344 e. The van der Waals surface area contributed by atoms with Crippen molar-refractivity contribution >= 4 is 17.5 Å². The third-order valence-electron chi connectivity index (χ3n) is 3.26. The van der Waals surface area contributed by atoms with Gasteiger partial charge in [0.1, 0.15) is 6.04 Å². The number of rotatable bonds is 6. The van der Waals surface area contributed by atoms with Crippen LogP contribution in [0.1, 0.15) is 26.3 Å². The molecule has 0 fully saturated rings. The lowest BCUT2D eigenvalue weighted by atomic mass is 10.0. The number of amides is 2. The quantitative estimate of drug-likeness (QED) is 0.639. The van der Waals surface area contributed by atoms with Crippen LogP contribution in [0.4, 0.5) is 5.69 Å². The van der Waals surface area contributed by atoms with Gasteiger partial charge in [-0.3, -0.25) is 19.7 Å². The van der Waals surface area contributed by atoms with Crippen LogP contribution in [0.5, 0.6) is 0 Å². The van der Waals surface area contributed by atoms with Crippen LogP contribution in [0.3, 0.4) is 0 Å². The molecule has 7 heteroatoms. The van der Waals surface area contributed by atoms with Crippen molar-refractivity contribution in [3.05, 3.63) is 39.9 Å². The summed E-state index contributed by atoms with van der Waals surface area (Å²) in [6, 6.07) is 5.64. The normalized spacial score (nSPS) is 11.9. The van der Waals surface area contributed by atoms with Gasteiger partial charge < -0.3 is 10.2 Å². The summed E-state index contributed by atoms with van der Waals surface area (Å²) < 4.78 is 0. The van der Waals surface area contributed by atoms with E-state index in [1.54, 1.807) is 25.2 Å². The summed E-state index contributed by atoms with van der Waals surface area (Å²) in [5.74, 6) is -0.640. The lowest BCUT2D eigenvalue weighted by molar-refractivity contribution is -0.385. The van der Waals surface area contributed by atoms with Gasteiger partial charge in [-0.1, -0.05) is 32.0 Å². The molecule has 1 rings (SSSR count). The average molecular weight is 307 g/mol. The minimum absolute atomic E-state index is 0.0252. The summed E-state index contributed by atoms with van der Waals surface area (Å²) in [6.07, 6.45) is 0. The first-order valence-electron chi connectivity index (χ1n) is 6.98. The number of carbonyl (C=O) groups excluding carboxylic acids is 2. The average Bonchev–Trinajstić information content (AvgIpc) is 2.43. The molecule has 22 heavy (non-hydrogen) atoms. The molecule has 0 aliphatic rings. The molecule has 0 aliphatic carbocycles. The van der Waals surface area contributed by atoms with E-state index in [9.17, 15) is 19.7 Å². The Balaban J connectivity index is 2.91. The second-order valence-corrected chi connectivity index (χ2v) is 5.50. The highest BCUT2D eigenvalue weighted by molar-refractivity contribution is 5.87. The number of nitrogens with one attached hydrogen (secondary N) is 1. The Hall–Kier alpha value is -2.44. The van der Waals surface area contributed by atoms with Crippen molar-refractivity contribution in [1.82, 2.24) is 10.2 Å². The number of likely N-dealkylation sites (N-methyl/N-ethyl adjacent to an activating group) is 1. The molecule has 1 atom stereocenters. The lowest BCUT2D eigenvalue weighted by Gasteiger charge is -2.26. The van der Waals surface area contributed by atoms with E-state index in [0.29, 0.717) is 5.56 Å². The fourth-order valence-corrected chi connectivity index (χ4v) is 2.13. The Morgan fingerprint density at radius 1 is 1.32 bits per heavy atom. The summed E-state index contributed by atoms with van der Waals surface area (Å²) in [6.45, 7) is 5.12. The van der Waals surface area contributed by atoms with E-state index < -0.39 is 11.0 Å².